The van der Waals surface area contributed by atoms with E-state index in [1.165, 1.54) is 5.39 Å². The van der Waals surface area contributed by atoms with Gasteiger partial charge < -0.3 is 4.52 Å². The Morgan fingerprint density at radius 2 is 1.81 bits per heavy atom. The van der Waals surface area contributed by atoms with Gasteiger partial charge in [-0.1, -0.05) is 41.6 Å². The van der Waals surface area contributed by atoms with Crippen LogP contribution in [0.1, 0.15) is 0 Å². The molecule has 3 rings (SSSR count). The molecule has 0 spiro atoms. The van der Waals surface area contributed by atoms with E-state index in [0.717, 1.165) is 10.9 Å². The minimum atomic E-state index is 0.571. The molecule has 0 aliphatic heterocycles. The minimum absolute atomic E-state index is 0.571. The van der Waals surface area contributed by atoms with Gasteiger partial charge in [0.15, 0.2) is 0 Å². The summed E-state index contributed by atoms with van der Waals surface area (Å²) in [6.45, 7) is 0. The van der Waals surface area contributed by atoms with Crippen LogP contribution in [-0.2, 0) is 0 Å². The van der Waals surface area contributed by atoms with E-state index in [1.54, 1.807) is 0 Å². The third-order valence-electron chi connectivity index (χ3n) is 2.42. The molecule has 4 heteroatoms. The minimum Gasteiger partial charge on any atom is -0.333 e. The number of rotatable bonds is 1. The highest BCUT2D eigenvalue weighted by molar-refractivity contribution is 14.1. The summed E-state index contributed by atoms with van der Waals surface area (Å²) in [5.74, 6) is 0.571. The van der Waals surface area contributed by atoms with Crippen LogP contribution in [0.5, 0.6) is 0 Å². The molecular formula is C12H7IN2O. The lowest BCUT2D eigenvalue weighted by atomic mass is 10.0. The van der Waals surface area contributed by atoms with E-state index >= 15 is 0 Å². The first kappa shape index (κ1) is 9.77. The molecule has 0 fully saturated rings. The summed E-state index contributed by atoms with van der Waals surface area (Å²) < 4.78 is 5.82. The van der Waals surface area contributed by atoms with Crippen LogP contribution in [-0.4, -0.2) is 10.1 Å². The Hall–Kier alpha value is -1.43. The van der Waals surface area contributed by atoms with Crippen molar-refractivity contribution in [1.82, 2.24) is 10.1 Å². The SMILES string of the molecule is Ic1noc(-c2cccc3ccccc23)n1. The maximum Gasteiger partial charge on any atom is 0.259 e. The Balaban J connectivity index is 2.31. The second-order valence-corrected chi connectivity index (χ2v) is 4.36. The fourth-order valence-electron chi connectivity index (χ4n) is 1.73. The molecule has 78 valence electrons. The number of hydrogen-bond donors (Lipinski definition) is 0. The van der Waals surface area contributed by atoms with Crippen molar-refractivity contribution < 1.29 is 4.52 Å². The van der Waals surface area contributed by atoms with E-state index in [2.05, 4.69) is 28.3 Å². The van der Waals surface area contributed by atoms with Crippen LogP contribution < -0.4 is 0 Å². The fourth-order valence-corrected chi connectivity index (χ4v) is 2.04. The zero-order valence-corrected chi connectivity index (χ0v) is 10.4. The number of aromatic nitrogens is 2. The lowest BCUT2D eigenvalue weighted by Crippen LogP contribution is -1.81. The van der Waals surface area contributed by atoms with Gasteiger partial charge >= 0.3 is 0 Å². The van der Waals surface area contributed by atoms with Crippen molar-refractivity contribution in [2.75, 3.05) is 0 Å². The molecule has 1 heterocycles. The molecule has 0 aliphatic carbocycles. The standard InChI is InChI=1S/C12H7IN2O/c13-12-14-11(16-15-12)10-7-3-5-8-4-1-2-6-9(8)10/h1-7H. The summed E-state index contributed by atoms with van der Waals surface area (Å²) in [7, 11) is 0. The molecule has 1 aromatic heterocycles. The summed E-state index contributed by atoms with van der Waals surface area (Å²) >= 11 is 2.04. The Bertz CT molecular complexity index is 643. The first-order chi connectivity index (χ1) is 7.84. The van der Waals surface area contributed by atoms with Gasteiger partial charge in [0.2, 0.25) is 3.83 Å². The first-order valence-corrected chi connectivity index (χ1v) is 5.90. The van der Waals surface area contributed by atoms with Crippen LogP contribution in [0.4, 0.5) is 0 Å². The zero-order chi connectivity index (χ0) is 11.0. The van der Waals surface area contributed by atoms with Crippen molar-refractivity contribution in [3.8, 4) is 11.5 Å². The smallest absolute Gasteiger partial charge is 0.259 e. The first-order valence-electron chi connectivity index (χ1n) is 4.82. The Morgan fingerprint density at radius 3 is 2.62 bits per heavy atom. The number of fused-ring (bicyclic) bond motifs is 1. The maximum atomic E-state index is 5.19. The molecule has 0 amide bonds. The zero-order valence-electron chi connectivity index (χ0n) is 8.22. The predicted octanol–water partition coefficient (Wildman–Crippen LogP) is 3.49. The molecule has 16 heavy (non-hydrogen) atoms. The normalized spacial score (nSPS) is 10.8. The van der Waals surface area contributed by atoms with Crippen LogP contribution >= 0.6 is 22.6 Å². The summed E-state index contributed by atoms with van der Waals surface area (Å²) in [5, 5.41) is 6.10. The van der Waals surface area contributed by atoms with Gasteiger partial charge in [-0.05, 0) is 16.8 Å². The lowest BCUT2D eigenvalue weighted by Gasteiger charge is -2.01. The summed E-state index contributed by atoms with van der Waals surface area (Å²) in [4.78, 5) is 4.24. The van der Waals surface area contributed by atoms with Crippen LogP contribution in [0.15, 0.2) is 47.0 Å². The van der Waals surface area contributed by atoms with Gasteiger partial charge in [0.1, 0.15) is 0 Å². The topological polar surface area (TPSA) is 38.9 Å². The molecule has 0 bridgehead atoms. The molecular weight excluding hydrogens is 315 g/mol. The number of hydrogen-bond acceptors (Lipinski definition) is 3. The van der Waals surface area contributed by atoms with Crippen LogP contribution in [0.2, 0.25) is 0 Å². The van der Waals surface area contributed by atoms with Gasteiger partial charge in [-0.2, -0.15) is 4.98 Å². The predicted molar refractivity (Wildman–Crippen MR) is 70.0 cm³/mol. The highest BCUT2D eigenvalue weighted by atomic mass is 127. The second kappa shape index (κ2) is 3.86. The average Bonchev–Trinajstić information content (AvgIpc) is 2.75. The van der Waals surface area contributed by atoms with E-state index < -0.39 is 0 Å². The highest BCUT2D eigenvalue weighted by Gasteiger charge is 2.09. The summed E-state index contributed by atoms with van der Waals surface area (Å²) in [6, 6.07) is 14.2. The molecule has 0 radical (unpaired) electrons. The molecule has 3 aromatic rings. The molecule has 0 saturated carbocycles. The molecule has 0 unspecified atom stereocenters. The maximum absolute atomic E-state index is 5.19. The third kappa shape index (κ3) is 1.59. The van der Waals surface area contributed by atoms with E-state index in [-0.39, 0.29) is 0 Å². The van der Waals surface area contributed by atoms with Gasteiger partial charge in [0.05, 0.1) is 0 Å². The van der Waals surface area contributed by atoms with E-state index in [0.29, 0.717) is 9.72 Å². The number of benzene rings is 2. The van der Waals surface area contributed by atoms with Crippen molar-refractivity contribution in [3.63, 3.8) is 0 Å². The third-order valence-corrected chi connectivity index (χ3v) is 2.86. The largest absolute Gasteiger partial charge is 0.333 e. The molecule has 0 saturated heterocycles. The van der Waals surface area contributed by atoms with Gasteiger partial charge in [0.25, 0.3) is 5.89 Å². The average molecular weight is 322 g/mol. The van der Waals surface area contributed by atoms with Crippen molar-refractivity contribution in [3.05, 3.63) is 46.3 Å². The van der Waals surface area contributed by atoms with Gasteiger partial charge in [-0.15, -0.1) is 0 Å². The van der Waals surface area contributed by atoms with Crippen LogP contribution in [0.25, 0.3) is 22.2 Å². The van der Waals surface area contributed by atoms with E-state index in [1.807, 2.05) is 46.9 Å². The fraction of sp³-hybridized carbons (Fsp3) is 0. The van der Waals surface area contributed by atoms with Crippen molar-refractivity contribution in [2.24, 2.45) is 0 Å². The number of halogens is 1. The van der Waals surface area contributed by atoms with E-state index in [4.69, 9.17) is 4.52 Å². The molecule has 2 aromatic carbocycles. The lowest BCUT2D eigenvalue weighted by molar-refractivity contribution is 0.426. The Morgan fingerprint density at radius 1 is 1.00 bits per heavy atom. The van der Waals surface area contributed by atoms with Gasteiger partial charge in [-0.3, -0.25) is 0 Å². The van der Waals surface area contributed by atoms with Gasteiger partial charge in [0, 0.05) is 28.2 Å². The molecule has 0 atom stereocenters. The van der Waals surface area contributed by atoms with E-state index in [9.17, 15) is 0 Å². The van der Waals surface area contributed by atoms with Crippen molar-refractivity contribution >= 4 is 33.4 Å². The van der Waals surface area contributed by atoms with Crippen molar-refractivity contribution in [2.45, 2.75) is 0 Å². The van der Waals surface area contributed by atoms with Gasteiger partial charge in [-0.25, -0.2) is 0 Å². The quantitative estimate of drug-likeness (QED) is 0.644. The second-order valence-electron chi connectivity index (χ2n) is 3.40. The Labute approximate surface area is 106 Å². The molecule has 0 N–H and O–H groups in total. The number of nitrogens with zero attached hydrogens (tertiary/aromatic N) is 2. The summed E-state index contributed by atoms with van der Waals surface area (Å²) in [6.07, 6.45) is 0. The van der Waals surface area contributed by atoms with Crippen molar-refractivity contribution in [1.29, 1.82) is 0 Å². The molecule has 0 aliphatic rings. The Kier molecular flexibility index (Phi) is 2.36. The van der Waals surface area contributed by atoms with Crippen LogP contribution in [0, 0.1) is 3.83 Å². The molecule has 3 nitrogen and oxygen atoms in total. The highest BCUT2D eigenvalue weighted by Crippen LogP contribution is 2.27. The summed E-state index contributed by atoms with van der Waals surface area (Å²) in [5.41, 5.74) is 0.980. The van der Waals surface area contributed by atoms with Crippen LogP contribution in [0.3, 0.4) is 0 Å². The monoisotopic (exact) mass is 322 g/mol.